The number of sulfone groups is 1. The predicted molar refractivity (Wildman–Crippen MR) is 94.1 cm³/mol. The van der Waals surface area contributed by atoms with E-state index in [0.717, 1.165) is 30.6 Å². The van der Waals surface area contributed by atoms with Crippen LogP contribution >= 0.6 is 11.3 Å². The first-order valence-electron chi connectivity index (χ1n) is 8.52. The van der Waals surface area contributed by atoms with Crippen LogP contribution in [0.1, 0.15) is 38.6 Å². The Morgan fingerprint density at radius 3 is 2.64 bits per heavy atom. The van der Waals surface area contributed by atoms with Crippen LogP contribution in [0.15, 0.2) is 22.7 Å². The molecule has 0 aromatic carbocycles. The van der Waals surface area contributed by atoms with Gasteiger partial charge in [-0.05, 0) is 44.1 Å². The van der Waals surface area contributed by atoms with Crippen molar-refractivity contribution in [3.8, 4) is 10.7 Å². The molecule has 2 aromatic rings. The van der Waals surface area contributed by atoms with Gasteiger partial charge in [-0.1, -0.05) is 6.07 Å². The third kappa shape index (κ3) is 3.22. The van der Waals surface area contributed by atoms with Crippen LogP contribution in [0.3, 0.4) is 0 Å². The number of aromatic nitrogens is 3. The third-order valence-electron chi connectivity index (χ3n) is 4.56. The van der Waals surface area contributed by atoms with Crippen molar-refractivity contribution in [2.75, 3.05) is 12.3 Å². The Kier molecular flexibility index (Phi) is 4.15. The molecule has 2 saturated carbocycles. The van der Waals surface area contributed by atoms with Gasteiger partial charge in [0.15, 0.2) is 5.82 Å². The van der Waals surface area contributed by atoms with E-state index in [-0.39, 0.29) is 23.1 Å². The summed E-state index contributed by atoms with van der Waals surface area (Å²) in [4.78, 5) is 15.0. The molecule has 0 spiro atoms. The van der Waals surface area contributed by atoms with E-state index in [9.17, 15) is 13.2 Å². The summed E-state index contributed by atoms with van der Waals surface area (Å²) in [5.74, 6) is -0.293. The number of carbonyl (C=O) groups excluding carboxylic acids is 1. The lowest BCUT2D eigenvalue weighted by Crippen LogP contribution is -2.37. The van der Waals surface area contributed by atoms with Gasteiger partial charge in [0.25, 0.3) is 5.16 Å². The molecule has 0 bridgehead atoms. The Labute approximate surface area is 150 Å². The molecular weight excluding hydrogens is 360 g/mol. The lowest BCUT2D eigenvalue weighted by atomic mass is 10.4. The van der Waals surface area contributed by atoms with Gasteiger partial charge in [0, 0.05) is 18.6 Å². The van der Waals surface area contributed by atoms with E-state index in [2.05, 4.69) is 10.2 Å². The van der Waals surface area contributed by atoms with E-state index < -0.39 is 15.6 Å². The number of hydrogen-bond acceptors (Lipinski definition) is 6. The van der Waals surface area contributed by atoms with Crippen molar-refractivity contribution < 1.29 is 13.2 Å². The average Bonchev–Trinajstić information content (AvgIpc) is 3.48. The molecule has 4 rings (SSSR count). The quantitative estimate of drug-likeness (QED) is 0.734. The summed E-state index contributed by atoms with van der Waals surface area (Å²) in [5, 5.41) is 9.94. The van der Waals surface area contributed by atoms with Gasteiger partial charge in [-0.3, -0.25) is 9.36 Å². The normalized spacial score (nSPS) is 17.6. The fourth-order valence-electron chi connectivity index (χ4n) is 3.06. The molecule has 2 aliphatic carbocycles. The smallest absolute Gasteiger partial charge is 0.250 e. The Morgan fingerprint density at radius 1 is 1.32 bits per heavy atom. The highest BCUT2D eigenvalue weighted by atomic mass is 32.2. The maximum absolute atomic E-state index is 12.9. The SMILES string of the molecule is CCN(C(=O)CS(=O)(=O)c1nnc(-c2cccs2)n1C1CC1)C1CC1. The lowest BCUT2D eigenvalue weighted by Gasteiger charge is -2.20. The molecule has 0 radical (unpaired) electrons. The molecule has 2 heterocycles. The largest absolute Gasteiger partial charge is 0.339 e. The van der Waals surface area contributed by atoms with Crippen molar-refractivity contribution in [2.45, 2.75) is 49.8 Å². The molecule has 2 fully saturated rings. The Balaban J connectivity index is 1.65. The van der Waals surface area contributed by atoms with E-state index in [4.69, 9.17) is 0 Å². The summed E-state index contributed by atoms with van der Waals surface area (Å²) in [6, 6.07) is 4.12. The lowest BCUT2D eigenvalue weighted by molar-refractivity contribution is -0.128. The number of carbonyl (C=O) groups is 1. The summed E-state index contributed by atoms with van der Waals surface area (Å²) in [6.07, 6.45) is 3.74. The zero-order valence-electron chi connectivity index (χ0n) is 14.0. The van der Waals surface area contributed by atoms with Crippen LogP contribution in [0.2, 0.25) is 0 Å². The molecule has 1 amide bonds. The van der Waals surface area contributed by atoms with Gasteiger partial charge < -0.3 is 4.90 Å². The molecule has 25 heavy (non-hydrogen) atoms. The number of rotatable bonds is 7. The minimum Gasteiger partial charge on any atom is -0.339 e. The Morgan fingerprint density at radius 2 is 2.08 bits per heavy atom. The first-order valence-corrected chi connectivity index (χ1v) is 11.1. The molecule has 0 atom stereocenters. The first-order chi connectivity index (χ1) is 12.0. The van der Waals surface area contributed by atoms with Crippen molar-refractivity contribution in [2.24, 2.45) is 0 Å². The molecule has 134 valence electrons. The Hall–Kier alpha value is -1.74. The number of hydrogen-bond donors (Lipinski definition) is 0. The minimum absolute atomic E-state index is 0.0707. The molecule has 2 aliphatic rings. The van der Waals surface area contributed by atoms with Crippen molar-refractivity contribution in [1.29, 1.82) is 0 Å². The summed E-state index contributed by atoms with van der Waals surface area (Å²) in [7, 11) is -3.82. The van der Waals surface area contributed by atoms with Gasteiger partial charge in [-0.25, -0.2) is 8.42 Å². The number of thiophene rings is 1. The third-order valence-corrected chi connectivity index (χ3v) is 6.89. The van der Waals surface area contributed by atoms with Crippen LogP contribution in [0.5, 0.6) is 0 Å². The second kappa shape index (κ2) is 6.21. The van der Waals surface area contributed by atoms with Crippen LogP contribution in [0, 0.1) is 0 Å². The maximum Gasteiger partial charge on any atom is 0.250 e. The predicted octanol–water partition coefficient (Wildman–Crippen LogP) is 2.13. The average molecular weight is 380 g/mol. The van der Waals surface area contributed by atoms with E-state index in [1.807, 2.05) is 24.4 Å². The second-order valence-corrected chi connectivity index (χ2v) is 9.39. The van der Waals surface area contributed by atoms with Gasteiger partial charge in [-0.15, -0.1) is 21.5 Å². The van der Waals surface area contributed by atoms with Crippen LogP contribution in [0.25, 0.3) is 10.7 Å². The molecule has 0 aliphatic heterocycles. The monoisotopic (exact) mass is 380 g/mol. The molecule has 0 N–H and O–H groups in total. The molecule has 0 unspecified atom stereocenters. The van der Waals surface area contributed by atoms with E-state index in [1.54, 1.807) is 9.47 Å². The molecule has 2 aromatic heterocycles. The van der Waals surface area contributed by atoms with Crippen molar-refractivity contribution in [1.82, 2.24) is 19.7 Å². The minimum atomic E-state index is -3.82. The van der Waals surface area contributed by atoms with E-state index >= 15 is 0 Å². The molecule has 0 saturated heterocycles. The summed E-state index contributed by atoms with van der Waals surface area (Å²) >= 11 is 1.50. The highest BCUT2D eigenvalue weighted by Gasteiger charge is 2.38. The van der Waals surface area contributed by atoms with Gasteiger partial charge in [-0.2, -0.15) is 0 Å². The van der Waals surface area contributed by atoms with Crippen LogP contribution in [0.4, 0.5) is 0 Å². The first kappa shape index (κ1) is 16.7. The zero-order chi connectivity index (χ0) is 17.6. The van der Waals surface area contributed by atoms with E-state index in [0.29, 0.717) is 12.4 Å². The van der Waals surface area contributed by atoms with Crippen LogP contribution in [-0.2, 0) is 14.6 Å². The number of amides is 1. The van der Waals surface area contributed by atoms with Gasteiger partial charge in [0.1, 0.15) is 5.75 Å². The molecule has 7 nitrogen and oxygen atoms in total. The van der Waals surface area contributed by atoms with Gasteiger partial charge in [0.05, 0.1) is 4.88 Å². The zero-order valence-corrected chi connectivity index (χ0v) is 15.6. The fraction of sp³-hybridized carbons (Fsp3) is 0.562. The highest BCUT2D eigenvalue weighted by molar-refractivity contribution is 7.92. The maximum atomic E-state index is 12.9. The summed E-state index contributed by atoms with van der Waals surface area (Å²) in [5.41, 5.74) is 0. The van der Waals surface area contributed by atoms with E-state index in [1.165, 1.54) is 11.3 Å². The van der Waals surface area contributed by atoms with Gasteiger partial charge in [0.2, 0.25) is 15.7 Å². The fourth-order valence-corrected chi connectivity index (χ4v) is 5.09. The molecule has 9 heteroatoms. The number of nitrogens with zero attached hydrogens (tertiary/aromatic N) is 4. The summed E-state index contributed by atoms with van der Waals surface area (Å²) in [6.45, 7) is 2.42. The summed E-state index contributed by atoms with van der Waals surface area (Å²) < 4.78 is 27.5. The van der Waals surface area contributed by atoms with Crippen LogP contribution < -0.4 is 0 Å². The standard InChI is InChI=1S/C16H20N4O3S2/c1-2-19(11-5-6-11)14(21)10-25(22,23)16-18-17-15(13-4-3-9-24-13)20(16)12-7-8-12/h3-4,9,11-12H,2,5-8,10H2,1H3. The topological polar surface area (TPSA) is 85.2 Å². The van der Waals surface area contributed by atoms with Crippen molar-refractivity contribution in [3.05, 3.63) is 17.5 Å². The van der Waals surface area contributed by atoms with Crippen LogP contribution in [-0.4, -0.2) is 52.3 Å². The Bertz CT molecular complexity index is 881. The molecular formula is C16H20N4O3S2. The second-order valence-electron chi connectivity index (χ2n) is 6.55. The highest BCUT2D eigenvalue weighted by Crippen LogP contribution is 2.41. The van der Waals surface area contributed by atoms with Crippen molar-refractivity contribution >= 4 is 27.1 Å². The van der Waals surface area contributed by atoms with Crippen molar-refractivity contribution in [3.63, 3.8) is 0 Å². The van der Waals surface area contributed by atoms with Gasteiger partial charge >= 0.3 is 0 Å².